The van der Waals surface area contributed by atoms with E-state index in [1.54, 1.807) is 24.3 Å². The molecule has 3 aromatic carbocycles. The second kappa shape index (κ2) is 11.8. The minimum Gasteiger partial charge on any atom is -0.376 e. The average molecular weight is 614 g/mol. The van der Waals surface area contributed by atoms with Crippen LogP contribution in [0.4, 0.5) is 5.69 Å². The number of hydrogen-bond donors (Lipinski definition) is 1. The van der Waals surface area contributed by atoms with E-state index >= 15 is 0 Å². The first-order chi connectivity index (χ1) is 18.4. The number of aryl methyl sites for hydroxylation is 1. The van der Waals surface area contributed by atoms with Crippen LogP contribution in [0.2, 0.25) is 0 Å². The standard InChI is InChI=1S/C31H37BrN2O4S/c1-19-9-10-26(29(32)16-19)17-34(18-28-8-7-15-38-28)31(35)25-11-13-27(14-12-25)33-39(36,37)30-23(5)21(3)20(2)22(4)24(30)6/h9-14,16,28,33H,7-8,15,17-18H2,1-6H3. The smallest absolute Gasteiger partial charge is 0.262 e. The molecule has 1 fully saturated rings. The number of hydrogen-bond acceptors (Lipinski definition) is 4. The molecule has 1 saturated heterocycles. The first-order valence-electron chi connectivity index (χ1n) is 13.2. The highest BCUT2D eigenvalue weighted by Gasteiger charge is 2.26. The van der Waals surface area contributed by atoms with Gasteiger partial charge in [-0.2, -0.15) is 0 Å². The lowest BCUT2D eigenvalue weighted by atomic mass is 9.95. The Hall–Kier alpha value is -2.68. The fourth-order valence-electron chi connectivity index (χ4n) is 5.18. The van der Waals surface area contributed by atoms with Crippen LogP contribution in [0.15, 0.2) is 51.8 Å². The molecule has 1 unspecified atom stereocenters. The van der Waals surface area contributed by atoms with Crippen molar-refractivity contribution in [1.82, 2.24) is 4.90 Å². The van der Waals surface area contributed by atoms with Gasteiger partial charge in [-0.05, 0) is 124 Å². The van der Waals surface area contributed by atoms with Gasteiger partial charge in [0.1, 0.15) is 0 Å². The van der Waals surface area contributed by atoms with Gasteiger partial charge in [-0.1, -0.05) is 28.1 Å². The Bertz CT molecular complexity index is 1460. The zero-order valence-electron chi connectivity index (χ0n) is 23.5. The first kappa shape index (κ1) is 29.3. The number of nitrogens with zero attached hydrogens (tertiary/aromatic N) is 1. The zero-order chi connectivity index (χ0) is 28.5. The minimum atomic E-state index is -3.82. The average Bonchev–Trinajstić information content (AvgIpc) is 3.40. The monoisotopic (exact) mass is 612 g/mol. The predicted octanol–water partition coefficient (Wildman–Crippen LogP) is 6.92. The summed E-state index contributed by atoms with van der Waals surface area (Å²) in [6.07, 6.45) is 1.93. The van der Waals surface area contributed by atoms with E-state index in [-0.39, 0.29) is 12.0 Å². The molecule has 1 aliphatic rings. The van der Waals surface area contributed by atoms with Gasteiger partial charge in [-0.3, -0.25) is 9.52 Å². The van der Waals surface area contributed by atoms with E-state index in [9.17, 15) is 13.2 Å². The fraction of sp³-hybridized carbons (Fsp3) is 0.387. The molecule has 3 aromatic rings. The van der Waals surface area contributed by atoms with Gasteiger partial charge in [0.25, 0.3) is 15.9 Å². The van der Waals surface area contributed by atoms with Crippen molar-refractivity contribution in [2.75, 3.05) is 17.9 Å². The molecule has 0 saturated carbocycles. The van der Waals surface area contributed by atoms with Crippen molar-refractivity contribution < 1.29 is 17.9 Å². The van der Waals surface area contributed by atoms with Crippen molar-refractivity contribution in [2.24, 2.45) is 0 Å². The summed E-state index contributed by atoms with van der Waals surface area (Å²) >= 11 is 3.64. The van der Waals surface area contributed by atoms with Crippen LogP contribution in [0, 0.1) is 41.5 Å². The Morgan fingerprint density at radius 3 is 2.13 bits per heavy atom. The summed E-state index contributed by atoms with van der Waals surface area (Å²) in [5, 5.41) is 0. The van der Waals surface area contributed by atoms with Gasteiger partial charge in [0.2, 0.25) is 0 Å². The molecule has 0 aromatic heterocycles. The Labute approximate surface area is 240 Å². The SMILES string of the molecule is Cc1ccc(CN(CC2CCCO2)C(=O)c2ccc(NS(=O)(=O)c3c(C)c(C)c(C)c(C)c3C)cc2)c(Br)c1. The van der Waals surface area contributed by atoms with Crippen molar-refractivity contribution in [3.8, 4) is 0 Å². The van der Waals surface area contributed by atoms with Crippen molar-refractivity contribution in [2.45, 2.75) is 71.9 Å². The normalized spacial score (nSPS) is 15.4. The summed E-state index contributed by atoms with van der Waals surface area (Å²) in [6.45, 7) is 13.3. The van der Waals surface area contributed by atoms with Crippen molar-refractivity contribution in [3.05, 3.63) is 91.4 Å². The van der Waals surface area contributed by atoms with Crippen LogP contribution in [0.5, 0.6) is 0 Å². The number of rotatable bonds is 8. The summed E-state index contributed by atoms with van der Waals surface area (Å²) in [5.41, 5.74) is 7.63. The largest absolute Gasteiger partial charge is 0.376 e. The number of nitrogens with one attached hydrogen (secondary N) is 1. The quantitative estimate of drug-likeness (QED) is 0.299. The maximum Gasteiger partial charge on any atom is 0.262 e. The van der Waals surface area contributed by atoms with Crippen molar-refractivity contribution >= 4 is 37.5 Å². The summed E-state index contributed by atoms with van der Waals surface area (Å²) in [5.74, 6) is -0.121. The summed E-state index contributed by atoms with van der Waals surface area (Å²) in [6, 6.07) is 12.8. The van der Waals surface area contributed by atoms with Crippen molar-refractivity contribution in [1.29, 1.82) is 0 Å². The molecule has 8 heteroatoms. The molecule has 0 bridgehead atoms. The molecule has 1 atom stereocenters. The molecule has 0 aliphatic carbocycles. The van der Waals surface area contributed by atoms with Crippen LogP contribution < -0.4 is 4.72 Å². The lowest BCUT2D eigenvalue weighted by molar-refractivity contribution is 0.0507. The van der Waals surface area contributed by atoms with Gasteiger partial charge in [0, 0.05) is 35.4 Å². The highest BCUT2D eigenvalue weighted by atomic mass is 79.9. The minimum absolute atomic E-state index is 0.0113. The maximum absolute atomic E-state index is 13.6. The first-order valence-corrected chi connectivity index (χ1v) is 15.5. The van der Waals surface area contributed by atoms with Crippen LogP contribution >= 0.6 is 15.9 Å². The number of carbonyl (C=O) groups excluding carboxylic acids is 1. The Morgan fingerprint density at radius 1 is 0.949 bits per heavy atom. The second-order valence-electron chi connectivity index (χ2n) is 10.6. The maximum atomic E-state index is 13.6. The van der Waals surface area contributed by atoms with Crippen LogP contribution in [0.1, 0.15) is 62.1 Å². The van der Waals surface area contributed by atoms with E-state index in [0.717, 1.165) is 62.9 Å². The molecular weight excluding hydrogens is 576 g/mol. The zero-order valence-corrected chi connectivity index (χ0v) is 25.9. The number of halogens is 1. The van der Waals surface area contributed by atoms with E-state index in [4.69, 9.17) is 4.74 Å². The lowest BCUT2D eigenvalue weighted by Crippen LogP contribution is -2.37. The number of carbonyl (C=O) groups is 1. The van der Waals surface area contributed by atoms with Gasteiger partial charge in [0.05, 0.1) is 11.0 Å². The number of amides is 1. The second-order valence-corrected chi connectivity index (χ2v) is 13.0. The summed E-state index contributed by atoms with van der Waals surface area (Å²) < 4.78 is 36.4. The van der Waals surface area contributed by atoms with Gasteiger partial charge in [-0.25, -0.2) is 8.42 Å². The molecule has 1 heterocycles. The topological polar surface area (TPSA) is 75.7 Å². The molecule has 39 heavy (non-hydrogen) atoms. The van der Waals surface area contributed by atoms with Gasteiger partial charge >= 0.3 is 0 Å². The summed E-state index contributed by atoms with van der Waals surface area (Å²) in [4.78, 5) is 15.8. The van der Waals surface area contributed by atoms with E-state index in [2.05, 4.69) is 20.7 Å². The molecule has 208 valence electrons. The molecule has 1 aliphatic heterocycles. The molecule has 0 spiro atoms. The molecule has 1 N–H and O–H groups in total. The Morgan fingerprint density at radius 2 is 1.56 bits per heavy atom. The number of ether oxygens (including phenoxy) is 1. The molecule has 0 radical (unpaired) electrons. The summed E-state index contributed by atoms with van der Waals surface area (Å²) in [7, 11) is -3.82. The third-order valence-corrected chi connectivity index (χ3v) is 10.3. The van der Waals surface area contributed by atoms with E-state index in [0.29, 0.717) is 29.2 Å². The molecule has 1 amide bonds. The van der Waals surface area contributed by atoms with Gasteiger partial charge in [0.15, 0.2) is 0 Å². The van der Waals surface area contributed by atoms with Crippen LogP contribution in [0.3, 0.4) is 0 Å². The van der Waals surface area contributed by atoms with Crippen LogP contribution in [0.25, 0.3) is 0 Å². The molecular formula is C31H37BrN2O4S. The van der Waals surface area contributed by atoms with Crippen LogP contribution in [-0.4, -0.2) is 38.5 Å². The van der Waals surface area contributed by atoms with Gasteiger partial charge in [-0.15, -0.1) is 0 Å². The third kappa shape index (κ3) is 6.39. The van der Waals surface area contributed by atoms with Crippen LogP contribution in [-0.2, 0) is 21.3 Å². The third-order valence-electron chi connectivity index (χ3n) is 7.89. The number of anilines is 1. The highest BCUT2D eigenvalue weighted by molar-refractivity contribution is 9.10. The highest BCUT2D eigenvalue weighted by Crippen LogP contribution is 2.31. The number of benzene rings is 3. The fourth-order valence-corrected chi connectivity index (χ4v) is 7.46. The van der Waals surface area contributed by atoms with E-state index < -0.39 is 10.0 Å². The van der Waals surface area contributed by atoms with E-state index in [1.807, 2.05) is 64.6 Å². The van der Waals surface area contributed by atoms with Crippen molar-refractivity contribution in [3.63, 3.8) is 0 Å². The lowest BCUT2D eigenvalue weighted by Gasteiger charge is -2.26. The number of sulfonamides is 1. The van der Waals surface area contributed by atoms with E-state index in [1.165, 1.54) is 0 Å². The Kier molecular flexibility index (Phi) is 8.88. The molecule has 6 nitrogen and oxygen atoms in total. The molecule has 4 rings (SSSR count). The predicted molar refractivity (Wildman–Crippen MR) is 160 cm³/mol. The Balaban J connectivity index is 1.57. The van der Waals surface area contributed by atoms with Gasteiger partial charge < -0.3 is 9.64 Å².